The van der Waals surface area contributed by atoms with E-state index in [2.05, 4.69) is 19.9 Å². The molecule has 0 radical (unpaired) electrons. The van der Waals surface area contributed by atoms with Crippen molar-refractivity contribution in [2.45, 2.75) is 39.3 Å². The van der Waals surface area contributed by atoms with Crippen LogP contribution in [-0.2, 0) is 25.9 Å². The predicted molar refractivity (Wildman–Crippen MR) is 114 cm³/mol. The number of aromatic nitrogens is 6. The Hall–Kier alpha value is -3.75. The fourth-order valence-corrected chi connectivity index (χ4v) is 3.51. The maximum Gasteiger partial charge on any atom is 0.332 e. The maximum absolute atomic E-state index is 13.1. The lowest BCUT2D eigenvalue weighted by Gasteiger charge is -2.11. The van der Waals surface area contributed by atoms with Crippen molar-refractivity contribution < 1.29 is 0 Å². The van der Waals surface area contributed by atoms with Crippen LogP contribution in [0.2, 0.25) is 0 Å². The SMILES string of the molecule is CCCn1c(=O)c2[nH]c(Cc3cnccn3)nc2n(CCc2ccccc2N)c1=O. The molecule has 4 rings (SSSR count). The summed E-state index contributed by atoms with van der Waals surface area (Å²) in [6.07, 6.45) is 6.46. The van der Waals surface area contributed by atoms with Gasteiger partial charge in [0, 0.05) is 43.8 Å². The Morgan fingerprint density at radius 2 is 1.93 bits per heavy atom. The summed E-state index contributed by atoms with van der Waals surface area (Å²) in [6.45, 7) is 2.64. The lowest BCUT2D eigenvalue weighted by atomic mass is 10.1. The quantitative estimate of drug-likeness (QED) is 0.449. The van der Waals surface area contributed by atoms with Crippen LogP contribution in [0.1, 0.15) is 30.4 Å². The molecule has 1 aromatic carbocycles. The van der Waals surface area contributed by atoms with Crippen LogP contribution >= 0.6 is 0 Å². The number of nitrogen functional groups attached to an aromatic ring is 1. The lowest BCUT2D eigenvalue weighted by molar-refractivity contribution is 0.560. The molecular weight excluding hydrogens is 382 g/mol. The molecule has 3 heterocycles. The fraction of sp³-hybridized carbons (Fsp3) is 0.286. The van der Waals surface area contributed by atoms with E-state index in [1.165, 1.54) is 4.57 Å². The molecule has 0 amide bonds. The summed E-state index contributed by atoms with van der Waals surface area (Å²) in [5, 5.41) is 0. The highest BCUT2D eigenvalue weighted by molar-refractivity contribution is 5.70. The van der Waals surface area contributed by atoms with Crippen molar-refractivity contribution in [2.24, 2.45) is 0 Å². The molecule has 0 spiro atoms. The van der Waals surface area contributed by atoms with Crippen LogP contribution < -0.4 is 17.0 Å². The molecule has 0 fully saturated rings. The highest BCUT2D eigenvalue weighted by Gasteiger charge is 2.17. The number of fused-ring (bicyclic) bond motifs is 1. The van der Waals surface area contributed by atoms with Crippen molar-refractivity contribution in [3.05, 3.63) is 80.8 Å². The number of H-pyrrole nitrogens is 1. The van der Waals surface area contributed by atoms with Gasteiger partial charge in [-0.15, -0.1) is 0 Å². The topological polar surface area (TPSA) is 124 Å². The number of aromatic amines is 1. The summed E-state index contributed by atoms with van der Waals surface area (Å²) in [6, 6.07) is 7.55. The van der Waals surface area contributed by atoms with Crippen molar-refractivity contribution in [3.8, 4) is 0 Å². The van der Waals surface area contributed by atoms with Crippen LogP contribution in [0.25, 0.3) is 11.2 Å². The van der Waals surface area contributed by atoms with Gasteiger partial charge >= 0.3 is 5.69 Å². The minimum absolute atomic E-state index is 0.322. The Labute approximate surface area is 172 Å². The van der Waals surface area contributed by atoms with Gasteiger partial charge in [-0.1, -0.05) is 25.1 Å². The molecule has 0 aliphatic rings. The van der Waals surface area contributed by atoms with Crippen molar-refractivity contribution in [1.82, 2.24) is 29.1 Å². The first-order valence-electron chi connectivity index (χ1n) is 9.89. The zero-order valence-electron chi connectivity index (χ0n) is 16.7. The number of benzene rings is 1. The molecule has 9 nitrogen and oxygen atoms in total. The molecule has 0 saturated carbocycles. The first-order chi connectivity index (χ1) is 14.6. The molecule has 9 heteroatoms. The first kappa shape index (κ1) is 19.6. The van der Waals surface area contributed by atoms with E-state index in [4.69, 9.17) is 5.73 Å². The number of imidazole rings is 1. The van der Waals surface area contributed by atoms with Crippen LogP contribution in [0, 0.1) is 0 Å². The number of anilines is 1. The van der Waals surface area contributed by atoms with Crippen LogP contribution in [0.5, 0.6) is 0 Å². The summed E-state index contributed by atoms with van der Waals surface area (Å²) >= 11 is 0. The predicted octanol–water partition coefficient (Wildman–Crippen LogP) is 1.50. The summed E-state index contributed by atoms with van der Waals surface area (Å²) in [7, 11) is 0. The average molecular weight is 405 g/mol. The van der Waals surface area contributed by atoms with E-state index in [0.717, 1.165) is 11.3 Å². The third-order valence-corrected chi connectivity index (χ3v) is 4.98. The summed E-state index contributed by atoms with van der Waals surface area (Å²) in [5.41, 5.74) is 8.35. The van der Waals surface area contributed by atoms with Gasteiger partial charge in [-0.3, -0.25) is 23.9 Å². The van der Waals surface area contributed by atoms with Gasteiger partial charge in [0.05, 0.1) is 5.69 Å². The van der Waals surface area contributed by atoms with Crippen molar-refractivity contribution in [3.63, 3.8) is 0 Å². The second-order valence-corrected chi connectivity index (χ2v) is 7.10. The van der Waals surface area contributed by atoms with E-state index in [9.17, 15) is 9.59 Å². The molecule has 0 aliphatic heterocycles. The normalized spacial score (nSPS) is 11.2. The Bertz CT molecular complexity index is 1290. The van der Waals surface area contributed by atoms with Gasteiger partial charge in [0.1, 0.15) is 11.3 Å². The van der Waals surface area contributed by atoms with E-state index in [1.807, 2.05) is 31.2 Å². The molecular formula is C21H23N7O2. The van der Waals surface area contributed by atoms with Crippen LogP contribution in [0.4, 0.5) is 5.69 Å². The zero-order valence-corrected chi connectivity index (χ0v) is 16.7. The van der Waals surface area contributed by atoms with Gasteiger partial charge in [0.15, 0.2) is 5.65 Å². The highest BCUT2D eigenvalue weighted by Crippen LogP contribution is 2.14. The molecule has 4 aromatic rings. The molecule has 0 unspecified atom stereocenters. The number of nitrogens with one attached hydrogen (secondary N) is 1. The molecule has 3 N–H and O–H groups in total. The minimum atomic E-state index is -0.360. The monoisotopic (exact) mass is 405 g/mol. The van der Waals surface area contributed by atoms with Crippen LogP contribution in [0.3, 0.4) is 0 Å². The van der Waals surface area contributed by atoms with Gasteiger partial charge in [0.25, 0.3) is 5.56 Å². The minimum Gasteiger partial charge on any atom is -0.399 e. The highest BCUT2D eigenvalue weighted by atomic mass is 16.2. The maximum atomic E-state index is 13.1. The largest absolute Gasteiger partial charge is 0.399 e. The number of rotatable bonds is 7. The first-order valence-corrected chi connectivity index (χ1v) is 9.89. The van der Waals surface area contributed by atoms with Crippen molar-refractivity contribution in [2.75, 3.05) is 5.73 Å². The molecule has 0 saturated heterocycles. The molecule has 154 valence electrons. The Morgan fingerprint density at radius 1 is 1.10 bits per heavy atom. The summed E-state index contributed by atoms with van der Waals surface area (Å²) in [5.74, 6) is 0.559. The Balaban J connectivity index is 1.79. The molecule has 0 bridgehead atoms. The molecule has 30 heavy (non-hydrogen) atoms. The van der Waals surface area contributed by atoms with Gasteiger partial charge in [0.2, 0.25) is 0 Å². The smallest absolute Gasteiger partial charge is 0.332 e. The van der Waals surface area contributed by atoms with Crippen LogP contribution in [0.15, 0.2) is 52.4 Å². The third-order valence-electron chi connectivity index (χ3n) is 4.98. The lowest BCUT2D eigenvalue weighted by Crippen LogP contribution is -2.40. The van der Waals surface area contributed by atoms with E-state index >= 15 is 0 Å². The molecule has 3 aromatic heterocycles. The van der Waals surface area contributed by atoms with Crippen molar-refractivity contribution in [1.29, 1.82) is 0 Å². The molecule has 0 atom stereocenters. The summed E-state index contributed by atoms with van der Waals surface area (Å²) in [4.78, 5) is 42.0. The Kier molecular flexibility index (Phi) is 5.42. The number of aryl methyl sites for hydroxylation is 2. The number of hydrogen-bond acceptors (Lipinski definition) is 6. The van der Waals surface area contributed by atoms with Gasteiger partial charge in [-0.05, 0) is 24.5 Å². The number of nitrogens with two attached hydrogens (primary N) is 1. The van der Waals surface area contributed by atoms with Crippen LogP contribution in [-0.4, -0.2) is 29.1 Å². The number of hydrogen-bond donors (Lipinski definition) is 2. The zero-order chi connectivity index (χ0) is 21.1. The van der Waals surface area contributed by atoms with E-state index in [1.54, 1.807) is 23.2 Å². The summed E-state index contributed by atoms with van der Waals surface area (Å²) < 4.78 is 2.82. The second-order valence-electron chi connectivity index (χ2n) is 7.10. The second kappa shape index (κ2) is 8.32. The Morgan fingerprint density at radius 3 is 2.67 bits per heavy atom. The molecule has 0 aliphatic carbocycles. The van der Waals surface area contributed by atoms with Gasteiger partial charge in [-0.2, -0.15) is 0 Å². The average Bonchev–Trinajstić information content (AvgIpc) is 3.16. The number of para-hydroxylation sites is 1. The standard InChI is InChI=1S/C21H23N7O2/c1-2-10-28-20(29)18-19(26-17(25-18)12-15-13-23-8-9-24-15)27(21(28)30)11-7-14-5-3-4-6-16(14)22/h3-6,8-9,13H,2,7,10-12,22H2,1H3,(H,25,26). The van der Waals surface area contributed by atoms with E-state index in [-0.39, 0.29) is 11.2 Å². The van der Waals surface area contributed by atoms with Crippen molar-refractivity contribution >= 4 is 16.9 Å². The number of nitrogens with zero attached hydrogens (tertiary/aromatic N) is 5. The van der Waals surface area contributed by atoms with E-state index in [0.29, 0.717) is 55.0 Å². The fourth-order valence-electron chi connectivity index (χ4n) is 3.51. The van der Waals surface area contributed by atoms with Gasteiger partial charge < -0.3 is 10.7 Å². The third kappa shape index (κ3) is 3.73. The van der Waals surface area contributed by atoms with E-state index < -0.39 is 0 Å². The van der Waals surface area contributed by atoms with Gasteiger partial charge in [-0.25, -0.2) is 9.78 Å².